The van der Waals surface area contributed by atoms with Gasteiger partial charge in [-0.3, -0.25) is 20.2 Å². The molecule has 0 amide bonds. The Labute approximate surface area is 386 Å². The first-order chi connectivity index (χ1) is 30.6. The van der Waals surface area contributed by atoms with Crippen LogP contribution in [-0.4, -0.2) is 36.1 Å². The standard InChI is InChI=1S/C23H42N2.C22H40N2O2.C6H5N3O4/c1-6-10-12-20(8-3)17-25(18-21(9-4)13-11-7-2)22-14-15-23(24)19(5)16-22;1-5-9-11-17(7-3)15-25-21-13-20(24)22(14-19(21)23)26-16-18(8-4)12-10-6-2;7-5-2-1-4(8(10)11)3-6(5)9(12)13/h14-16,20-21H,6-13,17-18,24H2,1-5H3;13-14,17-18H,5-12,15-16,23-24H2,1-4H3;1-3H,7H2. The molecule has 0 heterocycles. The van der Waals surface area contributed by atoms with Crippen LogP contribution in [0.4, 0.5) is 39.8 Å². The zero-order valence-electron chi connectivity index (χ0n) is 41.2. The predicted molar refractivity (Wildman–Crippen MR) is 271 cm³/mol. The van der Waals surface area contributed by atoms with Crippen LogP contribution in [0.1, 0.15) is 164 Å². The summed E-state index contributed by atoms with van der Waals surface area (Å²) in [6.07, 6.45) is 20.1. The molecule has 3 rings (SSSR count). The molecule has 0 aliphatic carbocycles. The summed E-state index contributed by atoms with van der Waals surface area (Å²) in [5.74, 6) is 4.05. The van der Waals surface area contributed by atoms with Gasteiger partial charge >= 0.3 is 0 Å². The Hall–Kier alpha value is -4.94. The number of nitrogens with two attached hydrogens (primary N) is 4. The summed E-state index contributed by atoms with van der Waals surface area (Å²) in [6, 6.07) is 13.3. The van der Waals surface area contributed by atoms with Gasteiger partial charge in [0.15, 0.2) is 0 Å². The van der Waals surface area contributed by atoms with Gasteiger partial charge < -0.3 is 37.3 Å². The normalized spacial score (nSPS) is 12.7. The monoisotopic (exact) mass is 894 g/mol. The molecule has 4 atom stereocenters. The van der Waals surface area contributed by atoms with Crippen molar-refractivity contribution in [1.82, 2.24) is 0 Å². The summed E-state index contributed by atoms with van der Waals surface area (Å²) in [4.78, 5) is 21.7. The van der Waals surface area contributed by atoms with Gasteiger partial charge in [-0.1, -0.05) is 132 Å². The van der Waals surface area contributed by atoms with Crippen LogP contribution in [0.2, 0.25) is 0 Å². The molecule has 0 saturated heterocycles. The van der Waals surface area contributed by atoms with Crippen LogP contribution < -0.4 is 37.3 Å². The quantitative estimate of drug-likeness (QED) is 0.0292. The molecule has 0 saturated carbocycles. The Morgan fingerprint density at radius 2 is 0.938 bits per heavy atom. The highest BCUT2D eigenvalue weighted by Gasteiger charge is 2.19. The van der Waals surface area contributed by atoms with Crippen LogP contribution in [0.25, 0.3) is 0 Å². The third-order valence-electron chi connectivity index (χ3n) is 12.3. The second-order valence-electron chi connectivity index (χ2n) is 17.4. The van der Waals surface area contributed by atoms with E-state index in [1.165, 1.54) is 114 Å². The zero-order valence-corrected chi connectivity index (χ0v) is 41.2. The molecule has 0 spiro atoms. The SMILES string of the molecule is CCCCC(CC)CN(CC(CC)CCCC)c1ccc(N)c(C)c1.CCCCC(CC)COc1cc(N)c(OCC(CC)CCCC)cc1N.Nc1ccc([N+](=O)[O-])cc1[N+](=O)[O-]. The van der Waals surface area contributed by atoms with Crippen molar-refractivity contribution in [2.75, 3.05) is 54.1 Å². The molecule has 0 fully saturated rings. The van der Waals surface area contributed by atoms with E-state index in [1.54, 1.807) is 0 Å². The largest absolute Gasteiger partial charge is 0.491 e. The second kappa shape index (κ2) is 32.7. The minimum atomic E-state index is -0.762. The van der Waals surface area contributed by atoms with E-state index >= 15 is 0 Å². The van der Waals surface area contributed by atoms with Gasteiger partial charge in [0, 0.05) is 42.7 Å². The summed E-state index contributed by atoms with van der Waals surface area (Å²) < 4.78 is 11.9. The van der Waals surface area contributed by atoms with E-state index in [9.17, 15) is 20.2 Å². The summed E-state index contributed by atoms with van der Waals surface area (Å²) in [7, 11) is 0. The number of hydrogen-bond donors (Lipinski definition) is 4. The number of nitro benzene ring substituents is 2. The van der Waals surface area contributed by atoms with Crippen molar-refractivity contribution in [3.63, 3.8) is 0 Å². The van der Waals surface area contributed by atoms with Crippen molar-refractivity contribution in [1.29, 1.82) is 0 Å². The fourth-order valence-corrected chi connectivity index (χ4v) is 7.46. The molecular formula is C51H87N7O6. The number of anilines is 5. The number of unbranched alkanes of at least 4 members (excludes halogenated alkanes) is 4. The van der Waals surface area contributed by atoms with Crippen LogP contribution in [-0.2, 0) is 0 Å². The highest BCUT2D eigenvalue weighted by Crippen LogP contribution is 2.34. The van der Waals surface area contributed by atoms with Gasteiger partial charge in [-0.05, 0) is 86.1 Å². The van der Waals surface area contributed by atoms with Crippen LogP contribution in [0, 0.1) is 50.8 Å². The Morgan fingerprint density at radius 3 is 1.30 bits per heavy atom. The lowest BCUT2D eigenvalue weighted by molar-refractivity contribution is -0.393. The first-order valence-corrected chi connectivity index (χ1v) is 24.4. The van der Waals surface area contributed by atoms with Crippen molar-refractivity contribution >= 4 is 39.8 Å². The lowest BCUT2D eigenvalue weighted by Crippen LogP contribution is -2.34. The molecule has 0 aromatic heterocycles. The minimum absolute atomic E-state index is 0.0874. The smallest absolute Gasteiger partial charge is 0.298 e. The van der Waals surface area contributed by atoms with Gasteiger partial charge in [-0.2, -0.15) is 0 Å². The Bertz CT molecular complexity index is 1690. The highest BCUT2D eigenvalue weighted by atomic mass is 16.6. The summed E-state index contributed by atoms with van der Waals surface area (Å²) in [5.41, 5.74) is 27.4. The van der Waals surface area contributed by atoms with Crippen molar-refractivity contribution in [2.45, 2.75) is 165 Å². The van der Waals surface area contributed by atoms with E-state index in [-0.39, 0.29) is 11.4 Å². The van der Waals surface area contributed by atoms with Gasteiger partial charge in [0.2, 0.25) is 0 Å². The van der Waals surface area contributed by atoms with Crippen LogP contribution in [0.3, 0.4) is 0 Å². The second-order valence-corrected chi connectivity index (χ2v) is 17.4. The molecule has 13 nitrogen and oxygen atoms in total. The fourth-order valence-electron chi connectivity index (χ4n) is 7.46. The van der Waals surface area contributed by atoms with Gasteiger partial charge in [-0.25, -0.2) is 0 Å². The Morgan fingerprint density at radius 1 is 0.531 bits per heavy atom. The molecule has 64 heavy (non-hydrogen) atoms. The van der Waals surface area contributed by atoms with Crippen LogP contribution in [0.15, 0.2) is 48.5 Å². The molecule has 3 aromatic rings. The minimum Gasteiger partial charge on any atom is -0.491 e. The molecule has 0 aliphatic heterocycles. The van der Waals surface area contributed by atoms with Crippen molar-refractivity contribution in [2.24, 2.45) is 23.7 Å². The van der Waals surface area contributed by atoms with Crippen molar-refractivity contribution in [3.05, 3.63) is 74.3 Å². The van der Waals surface area contributed by atoms with E-state index in [0.29, 0.717) is 47.9 Å². The van der Waals surface area contributed by atoms with E-state index in [1.807, 2.05) is 12.1 Å². The Kier molecular flexibility index (Phi) is 29.1. The van der Waals surface area contributed by atoms with Gasteiger partial charge in [0.25, 0.3) is 11.4 Å². The molecular weight excluding hydrogens is 807 g/mol. The van der Waals surface area contributed by atoms with E-state index in [2.05, 4.69) is 85.4 Å². The maximum Gasteiger partial charge on any atom is 0.298 e. The molecule has 4 unspecified atom stereocenters. The molecule has 0 radical (unpaired) electrons. The number of aryl methyl sites for hydroxylation is 1. The average molecular weight is 894 g/mol. The number of non-ortho nitro benzene ring substituents is 1. The maximum atomic E-state index is 10.3. The van der Waals surface area contributed by atoms with Crippen molar-refractivity contribution in [3.8, 4) is 11.5 Å². The fraction of sp³-hybridized carbons (Fsp3) is 0.647. The molecule has 3 aromatic carbocycles. The number of rotatable bonds is 29. The van der Waals surface area contributed by atoms with Crippen molar-refractivity contribution < 1.29 is 19.3 Å². The molecule has 0 bridgehead atoms. The molecule has 362 valence electrons. The molecule has 13 heteroatoms. The maximum absolute atomic E-state index is 10.3. The van der Waals surface area contributed by atoms with Gasteiger partial charge in [-0.15, -0.1) is 0 Å². The lowest BCUT2D eigenvalue weighted by atomic mass is 9.95. The molecule has 8 N–H and O–H groups in total. The van der Waals surface area contributed by atoms with Gasteiger partial charge in [0.1, 0.15) is 17.2 Å². The summed E-state index contributed by atoms with van der Waals surface area (Å²) >= 11 is 0. The third-order valence-corrected chi connectivity index (χ3v) is 12.3. The number of nitro groups is 2. The van der Waals surface area contributed by atoms with Crippen LogP contribution >= 0.6 is 0 Å². The van der Waals surface area contributed by atoms with Crippen LogP contribution in [0.5, 0.6) is 11.5 Å². The Balaban J connectivity index is 0.000000506. The summed E-state index contributed by atoms with van der Waals surface area (Å²) in [5, 5.41) is 20.5. The average Bonchev–Trinajstić information content (AvgIpc) is 3.28. The van der Waals surface area contributed by atoms with E-state index < -0.39 is 15.5 Å². The number of ether oxygens (including phenoxy) is 2. The third kappa shape index (κ3) is 21.6. The first kappa shape index (κ1) is 57.1. The van der Waals surface area contributed by atoms with Gasteiger partial charge in [0.05, 0.1) is 40.5 Å². The zero-order chi connectivity index (χ0) is 48.0. The number of nitrogens with zero attached hydrogens (tertiary/aromatic N) is 3. The highest BCUT2D eigenvalue weighted by molar-refractivity contribution is 5.67. The number of hydrogen-bond acceptors (Lipinski definition) is 11. The van der Waals surface area contributed by atoms with E-state index in [4.69, 9.17) is 32.4 Å². The molecule has 0 aliphatic rings. The number of benzene rings is 3. The lowest BCUT2D eigenvalue weighted by Gasteiger charge is -2.33. The topological polar surface area (TPSA) is 212 Å². The van der Waals surface area contributed by atoms with E-state index in [0.717, 1.165) is 48.6 Å². The first-order valence-electron chi connectivity index (χ1n) is 24.4. The predicted octanol–water partition coefficient (Wildman–Crippen LogP) is 13.9. The summed E-state index contributed by atoms with van der Waals surface area (Å²) in [6.45, 7) is 24.0. The number of nitrogen functional groups attached to an aromatic ring is 4.